The lowest BCUT2D eigenvalue weighted by molar-refractivity contribution is -0.136. The number of carbonyl (C=O) groups excluding carboxylic acids is 1. The predicted molar refractivity (Wildman–Crippen MR) is 134 cm³/mol. The normalized spacial score (nSPS) is 17.3. The van der Waals surface area contributed by atoms with Crippen molar-refractivity contribution in [2.75, 3.05) is 16.8 Å². The van der Waals surface area contributed by atoms with Gasteiger partial charge in [0.2, 0.25) is 0 Å². The number of halogens is 3. The van der Waals surface area contributed by atoms with Gasteiger partial charge in [0.1, 0.15) is 0 Å². The second-order valence-electron chi connectivity index (χ2n) is 9.20. The number of hydrogen-bond acceptors (Lipinski definition) is 5. The van der Waals surface area contributed by atoms with Crippen molar-refractivity contribution in [3.05, 3.63) is 77.0 Å². The molecule has 0 bridgehead atoms. The quantitative estimate of drug-likeness (QED) is 0.386. The van der Waals surface area contributed by atoms with E-state index in [1.54, 1.807) is 6.92 Å². The number of anilines is 1. The maximum atomic E-state index is 13.6. The molecule has 4 aromatic rings. The molecule has 1 atom stereocenters. The van der Waals surface area contributed by atoms with E-state index in [4.69, 9.17) is 4.98 Å². The van der Waals surface area contributed by atoms with Crippen molar-refractivity contribution >= 4 is 32.5 Å². The van der Waals surface area contributed by atoms with Gasteiger partial charge in [-0.2, -0.15) is 18.3 Å². The Hall–Kier alpha value is -3.73. The molecule has 1 amide bonds. The van der Waals surface area contributed by atoms with Gasteiger partial charge in [0.05, 0.1) is 51.1 Å². The molecule has 0 radical (unpaired) electrons. The maximum Gasteiger partial charge on any atom is 0.418 e. The summed E-state index contributed by atoms with van der Waals surface area (Å²) < 4.78 is 66.5. The zero-order valence-corrected chi connectivity index (χ0v) is 20.8. The second kappa shape index (κ2) is 8.98. The molecule has 1 fully saturated rings. The number of hydrogen-bond donors (Lipinski definition) is 1. The van der Waals surface area contributed by atoms with E-state index < -0.39 is 33.5 Å². The monoisotopic (exact) mass is 528 g/mol. The molecule has 2 aromatic heterocycles. The standard InChI is InChI=1S/C26H23F3N4O3S/c1-15-7-9-17(10-8-15)22-13-19(25(34)31-21-6-4-3-5-20(21)26(27,28)29)23-16(2)32-33(24(23)30-22)18-11-12-37(35,36)14-18/h3-10,13,18H,11-12,14H2,1-2H3,(H,31,34). The fraction of sp³-hybridized carbons (Fsp3) is 0.269. The Balaban J connectivity index is 1.68. The number of aromatic nitrogens is 3. The fourth-order valence-corrected chi connectivity index (χ4v) is 6.31. The van der Waals surface area contributed by atoms with Crippen LogP contribution in [0.15, 0.2) is 54.6 Å². The van der Waals surface area contributed by atoms with E-state index in [1.165, 1.54) is 28.9 Å². The number of sulfone groups is 1. The predicted octanol–water partition coefficient (Wildman–Crippen LogP) is 5.35. The Kier molecular flexibility index (Phi) is 6.06. The van der Waals surface area contributed by atoms with Crippen molar-refractivity contribution in [3.8, 4) is 11.3 Å². The zero-order valence-electron chi connectivity index (χ0n) is 20.0. The largest absolute Gasteiger partial charge is 0.418 e. The van der Waals surface area contributed by atoms with Crippen LogP contribution in [0.3, 0.4) is 0 Å². The van der Waals surface area contributed by atoms with Crippen LogP contribution in [-0.4, -0.2) is 40.6 Å². The molecule has 7 nitrogen and oxygen atoms in total. The molecule has 3 heterocycles. The number of para-hydroxylation sites is 1. The Bertz CT molecular complexity index is 1630. The molecule has 5 rings (SSSR count). The van der Waals surface area contributed by atoms with Gasteiger partial charge in [0.25, 0.3) is 5.91 Å². The number of rotatable bonds is 4. The molecule has 11 heteroatoms. The minimum Gasteiger partial charge on any atom is -0.321 e. The molecule has 1 aliphatic heterocycles. The number of pyridine rings is 1. The Morgan fingerprint density at radius 2 is 1.78 bits per heavy atom. The summed E-state index contributed by atoms with van der Waals surface area (Å²) in [5, 5.41) is 7.30. The number of amides is 1. The molecule has 192 valence electrons. The van der Waals surface area contributed by atoms with Crippen molar-refractivity contribution in [3.63, 3.8) is 0 Å². The third-order valence-corrected chi connectivity index (χ3v) is 8.21. The van der Waals surface area contributed by atoms with E-state index in [1.807, 2.05) is 31.2 Å². The highest BCUT2D eigenvalue weighted by atomic mass is 32.2. The summed E-state index contributed by atoms with van der Waals surface area (Å²) in [5.41, 5.74) is 1.64. The van der Waals surface area contributed by atoms with Crippen molar-refractivity contribution < 1.29 is 26.4 Å². The van der Waals surface area contributed by atoms with Crippen LogP contribution < -0.4 is 5.32 Å². The summed E-state index contributed by atoms with van der Waals surface area (Å²) in [6.07, 6.45) is -4.30. The number of fused-ring (bicyclic) bond motifs is 1. The summed E-state index contributed by atoms with van der Waals surface area (Å²) in [4.78, 5) is 18.2. The van der Waals surface area contributed by atoms with Crippen LogP contribution in [0.25, 0.3) is 22.3 Å². The van der Waals surface area contributed by atoms with Gasteiger partial charge < -0.3 is 5.32 Å². The molecule has 37 heavy (non-hydrogen) atoms. The van der Waals surface area contributed by atoms with Crippen LogP contribution in [0.5, 0.6) is 0 Å². The molecular weight excluding hydrogens is 505 g/mol. The number of benzene rings is 2. The van der Waals surface area contributed by atoms with Crippen molar-refractivity contribution in [1.29, 1.82) is 0 Å². The van der Waals surface area contributed by atoms with E-state index in [9.17, 15) is 26.4 Å². The van der Waals surface area contributed by atoms with Gasteiger partial charge in [-0.25, -0.2) is 18.1 Å². The van der Waals surface area contributed by atoms with Crippen LogP contribution >= 0.6 is 0 Å². The average Bonchev–Trinajstić information content (AvgIpc) is 3.37. The van der Waals surface area contributed by atoms with Crippen LogP contribution in [0.2, 0.25) is 0 Å². The lowest BCUT2D eigenvalue weighted by Gasteiger charge is -2.15. The number of alkyl halides is 3. The molecular formula is C26H23F3N4O3S. The molecule has 1 N–H and O–H groups in total. The van der Waals surface area contributed by atoms with E-state index in [0.29, 0.717) is 34.4 Å². The lowest BCUT2D eigenvalue weighted by Crippen LogP contribution is -2.17. The number of nitrogens with zero attached hydrogens (tertiary/aromatic N) is 3. The maximum absolute atomic E-state index is 13.6. The topological polar surface area (TPSA) is 94.0 Å². The Morgan fingerprint density at radius 1 is 1.08 bits per heavy atom. The van der Waals surface area contributed by atoms with E-state index in [0.717, 1.165) is 11.6 Å². The SMILES string of the molecule is Cc1ccc(-c2cc(C(=O)Nc3ccccc3C(F)(F)F)c3c(C)nn(C4CCS(=O)(=O)C4)c3n2)cc1. The minimum absolute atomic E-state index is 0.0251. The third kappa shape index (κ3) is 4.83. The van der Waals surface area contributed by atoms with Crippen LogP contribution in [0.4, 0.5) is 18.9 Å². The van der Waals surface area contributed by atoms with E-state index in [-0.39, 0.29) is 22.8 Å². The van der Waals surface area contributed by atoms with E-state index >= 15 is 0 Å². The highest BCUT2D eigenvalue weighted by Crippen LogP contribution is 2.36. The van der Waals surface area contributed by atoms with Gasteiger partial charge in [-0.1, -0.05) is 42.0 Å². The number of carbonyl (C=O) groups is 1. The summed E-state index contributed by atoms with van der Waals surface area (Å²) in [6, 6.07) is 13.3. The highest BCUT2D eigenvalue weighted by molar-refractivity contribution is 7.91. The van der Waals surface area contributed by atoms with Gasteiger partial charge in [-0.3, -0.25) is 4.79 Å². The molecule has 2 aromatic carbocycles. The number of aryl methyl sites for hydroxylation is 2. The van der Waals surface area contributed by atoms with Crippen molar-refractivity contribution in [1.82, 2.24) is 14.8 Å². The molecule has 1 saturated heterocycles. The van der Waals surface area contributed by atoms with Gasteiger partial charge >= 0.3 is 6.18 Å². The first-order chi connectivity index (χ1) is 17.4. The van der Waals surface area contributed by atoms with Crippen molar-refractivity contribution in [2.24, 2.45) is 0 Å². The first kappa shape index (κ1) is 24.9. The Labute approximate surface area is 211 Å². The highest BCUT2D eigenvalue weighted by Gasteiger charge is 2.35. The third-order valence-electron chi connectivity index (χ3n) is 6.46. The van der Waals surface area contributed by atoms with Gasteiger partial charge in [-0.05, 0) is 38.5 Å². The van der Waals surface area contributed by atoms with Crippen LogP contribution in [0, 0.1) is 13.8 Å². The second-order valence-corrected chi connectivity index (χ2v) is 11.4. The molecule has 1 unspecified atom stereocenters. The van der Waals surface area contributed by atoms with Gasteiger partial charge in [-0.15, -0.1) is 0 Å². The summed E-state index contributed by atoms with van der Waals surface area (Å²) in [7, 11) is -3.23. The lowest BCUT2D eigenvalue weighted by atomic mass is 10.0. The molecule has 0 spiro atoms. The fourth-order valence-electron chi connectivity index (χ4n) is 4.62. The molecule has 0 saturated carbocycles. The van der Waals surface area contributed by atoms with Gasteiger partial charge in [0.15, 0.2) is 15.5 Å². The average molecular weight is 529 g/mol. The summed E-state index contributed by atoms with van der Waals surface area (Å²) >= 11 is 0. The first-order valence-corrected chi connectivity index (χ1v) is 13.4. The first-order valence-electron chi connectivity index (χ1n) is 11.6. The van der Waals surface area contributed by atoms with Gasteiger partial charge in [0, 0.05) is 5.56 Å². The van der Waals surface area contributed by atoms with E-state index in [2.05, 4.69) is 10.4 Å². The Morgan fingerprint density at radius 3 is 2.43 bits per heavy atom. The smallest absolute Gasteiger partial charge is 0.321 e. The van der Waals surface area contributed by atoms with Crippen molar-refractivity contribution in [2.45, 2.75) is 32.5 Å². The minimum atomic E-state index is -4.65. The summed E-state index contributed by atoms with van der Waals surface area (Å²) in [6.45, 7) is 3.59. The number of nitrogens with one attached hydrogen (secondary N) is 1. The van der Waals surface area contributed by atoms with Crippen LogP contribution in [-0.2, 0) is 16.0 Å². The molecule has 0 aliphatic carbocycles. The summed E-state index contributed by atoms with van der Waals surface area (Å²) in [5.74, 6) is -0.823. The molecule has 1 aliphatic rings. The zero-order chi connectivity index (χ0) is 26.5. The van der Waals surface area contributed by atoms with Crippen LogP contribution in [0.1, 0.15) is 39.6 Å².